The molecule has 0 aliphatic carbocycles. The first-order valence-electron chi connectivity index (χ1n) is 4.65. The second-order valence-corrected chi connectivity index (χ2v) is 3.25. The number of likely N-dealkylation sites (tertiary alicyclic amines) is 1. The van der Waals surface area contributed by atoms with E-state index in [0.717, 1.165) is 6.42 Å². The molecule has 0 spiro atoms. The van der Waals surface area contributed by atoms with Gasteiger partial charge < -0.3 is 10.3 Å². The SMILES string of the molecule is N=CCCCN1CCCCC1. The summed E-state index contributed by atoms with van der Waals surface area (Å²) in [6.45, 7) is 3.78. The fraction of sp³-hybridized carbons (Fsp3) is 0.889. The Kier molecular flexibility index (Phi) is 4.21. The average Bonchev–Trinajstić information content (AvgIpc) is 2.07. The van der Waals surface area contributed by atoms with Gasteiger partial charge in [-0.3, -0.25) is 0 Å². The van der Waals surface area contributed by atoms with Crippen molar-refractivity contribution in [3.8, 4) is 0 Å². The molecule has 0 aromatic rings. The van der Waals surface area contributed by atoms with Crippen LogP contribution in [0.3, 0.4) is 0 Å². The smallest absolute Gasteiger partial charge is 0.00152 e. The molecule has 11 heavy (non-hydrogen) atoms. The van der Waals surface area contributed by atoms with Crippen molar-refractivity contribution in [1.29, 1.82) is 5.41 Å². The zero-order valence-corrected chi connectivity index (χ0v) is 7.18. The zero-order valence-electron chi connectivity index (χ0n) is 7.18. The lowest BCUT2D eigenvalue weighted by Crippen LogP contribution is -2.30. The van der Waals surface area contributed by atoms with Crippen LogP contribution in [0.25, 0.3) is 0 Å². The first-order valence-corrected chi connectivity index (χ1v) is 4.65. The van der Waals surface area contributed by atoms with Crippen LogP contribution in [0.4, 0.5) is 0 Å². The molecule has 0 bridgehead atoms. The van der Waals surface area contributed by atoms with Gasteiger partial charge in [0.15, 0.2) is 0 Å². The van der Waals surface area contributed by atoms with Gasteiger partial charge in [-0.05, 0) is 51.5 Å². The molecule has 1 fully saturated rings. The largest absolute Gasteiger partial charge is 0.313 e. The van der Waals surface area contributed by atoms with Gasteiger partial charge in [0.2, 0.25) is 0 Å². The molecule has 0 saturated carbocycles. The highest BCUT2D eigenvalue weighted by Crippen LogP contribution is 2.08. The summed E-state index contributed by atoms with van der Waals surface area (Å²) in [6, 6.07) is 0. The third-order valence-corrected chi connectivity index (χ3v) is 2.27. The summed E-state index contributed by atoms with van der Waals surface area (Å²) in [5, 5.41) is 6.88. The molecule has 1 aliphatic rings. The molecule has 0 radical (unpaired) electrons. The molecular formula is C9H18N2. The van der Waals surface area contributed by atoms with E-state index in [9.17, 15) is 0 Å². The Hall–Kier alpha value is -0.370. The third-order valence-electron chi connectivity index (χ3n) is 2.27. The van der Waals surface area contributed by atoms with E-state index >= 15 is 0 Å². The lowest BCUT2D eigenvalue weighted by Gasteiger charge is -2.25. The molecule has 1 N–H and O–H groups in total. The predicted molar refractivity (Wildman–Crippen MR) is 48.3 cm³/mol. The third kappa shape index (κ3) is 3.51. The first kappa shape index (κ1) is 8.72. The Bertz CT molecular complexity index is 106. The number of piperidine rings is 1. The molecular weight excluding hydrogens is 136 g/mol. The molecule has 0 unspecified atom stereocenters. The number of unbranched alkanes of at least 4 members (excludes halogenated alkanes) is 1. The lowest BCUT2D eigenvalue weighted by atomic mass is 10.1. The van der Waals surface area contributed by atoms with Crippen molar-refractivity contribution < 1.29 is 0 Å². The van der Waals surface area contributed by atoms with Gasteiger partial charge in [-0.25, -0.2) is 0 Å². The summed E-state index contributed by atoms with van der Waals surface area (Å²) in [6.07, 6.45) is 7.82. The van der Waals surface area contributed by atoms with E-state index in [0.29, 0.717) is 0 Å². The van der Waals surface area contributed by atoms with E-state index in [-0.39, 0.29) is 0 Å². The lowest BCUT2D eigenvalue weighted by molar-refractivity contribution is 0.228. The van der Waals surface area contributed by atoms with Crippen molar-refractivity contribution in [2.75, 3.05) is 19.6 Å². The van der Waals surface area contributed by atoms with Crippen molar-refractivity contribution in [2.24, 2.45) is 0 Å². The highest BCUT2D eigenvalue weighted by atomic mass is 15.1. The Balaban J connectivity index is 2.00. The van der Waals surface area contributed by atoms with Gasteiger partial charge in [0.1, 0.15) is 0 Å². The van der Waals surface area contributed by atoms with Crippen LogP contribution < -0.4 is 0 Å². The van der Waals surface area contributed by atoms with Gasteiger partial charge in [-0.2, -0.15) is 0 Å². The van der Waals surface area contributed by atoms with Crippen LogP contribution in [-0.2, 0) is 0 Å². The normalized spacial score (nSPS) is 20.0. The van der Waals surface area contributed by atoms with Gasteiger partial charge in [0, 0.05) is 0 Å². The molecule has 1 aliphatic heterocycles. The highest BCUT2D eigenvalue weighted by Gasteiger charge is 2.07. The predicted octanol–water partition coefficient (Wildman–Crippen LogP) is 1.90. The average molecular weight is 154 g/mol. The summed E-state index contributed by atoms with van der Waals surface area (Å²) in [5.74, 6) is 0. The van der Waals surface area contributed by atoms with Crippen LogP contribution in [0, 0.1) is 5.41 Å². The Morgan fingerprint density at radius 3 is 2.55 bits per heavy atom. The van der Waals surface area contributed by atoms with Crippen molar-refractivity contribution in [3.63, 3.8) is 0 Å². The van der Waals surface area contributed by atoms with Crippen molar-refractivity contribution >= 4 is 6.21 Å². The monoisotopic (exact) mass is 154 g/mol. The number of nitrogens with one attached hydrogen (secondary N) is 1. The number of rotatable bonds is 4. The van der Waals surface area contributed by atoms with Gasteiger partial charge in [0.05, 0.1) is 0 Å². The van der Waals surface area contributed by atoms with Gasteiger partial charge in [-0.15, -0.1) is 0 Å². The zero-order chi connectivity index (χ0) is 7.94. The van der Waals surface area contributed by atoms with Crippen LogP contribution in [-0.4, -0.2) is 30.7 Å². The first-order chi connectivity index (χ1) is 5.43. The molecule has 2 nitrogen and oxygen atoms in total. The number of hydrogen-bond acceptors (Lipinski definition) is 2. The van der Waals surface area contributed by atoms with Gasteiger partial charge in [0.25, 0.3) is 0 Å². The van der Waals surface area contributed by atoms with Crippen LogP contribution in [0.2, 0.25) is 0 Å². The molecule has 0 amide bonds. The number of nitrogens with zero attached hydrogens (tertiary/aromatic N) is 1. The van der Waals surface area contributed by atoms with Gasteiger partial charge >= 0.3 is 0 Å². The Labute approximate surface area is 69.1 Å². The molecule has 1 heterocycles. The Morgan fingerprint density at radius 2 is 1.91 bits per heavy atom. The van der Waals surface area contributed by atoms with Crippen LogP contribution in [0.1, 0.15) is 32.1 Å². The van der Waals surface area contributed by atoms with Crippen LogP contribution in [0.5, 0.6) is 0 Å². The summed E-state index contributed by atoms with van der Waals surface area (Å²) in [5.41, 5.74) is 0. The molecule has 64 valence electrons. The summed E-state index contributed by atoms with van der Waals surface area (Å²) >= 11 is 0. The molecule has 2 heteroatoms. The maximum absolute atomic E-state index is 6.88. The second-order valence-electron chi connectivity index (χ2n) is 3.25. The van der Waals surface area contributed by atoms with E-state index in [4.69, 9.17) is 5.41 Å². The minimum Gasteiger partial charge on any atom is -0.313 e. The van der Waals surface area contributed by atoms with E-state index in [1.54, 1.807) is 0 Å². The second kappa shape index (κ2) is 5.30. The van der Waals surface area contributed by atoms with Crippen molar-refractivity contribution in [2.45, 2.75) is 32.1 Å². The minimum absolute atomic E-state index is 0.955. The molecule has 0 aromatic heterocycles. The maximum Gasteiger partial charge on any atom is -0.00152 e. The summed E-state index contributed by atoms with van der Waals surface area (Å²) in [4.78, 5) is 2.52. The molecule has 1 rings (SSSR count). The maximum atomic E-state index is 6.88. The summed E-state index contributed by atoms with van der Waals surface area (Å²) < 4.78 is 0. The van der Waals surface area contributed by atoms with E-state index in [1.165, 1.54) is 51.5 Å². The fourth-order valence-electron chi connectivity index (χ4n) is 1.60. The highest BCUT2D eigenvalue weighted by molar-refractivity contribution is 5.52. The van der Waals surface area contributed by atoms with Crippen molar-refractivity contribution in [3.05, 3.63) is 0 Å². The Morgan fingerprint density at radius 1 is 1.18 bits per heavy atom. The van der Waals surface area contributed by atoms with Gasteiger partial charge in [-0.1, -0.05) is 6.42 Å². The quantitative estimate of drug-likeness (QED) is 0.486. The minimum atomic E-state index is 0.955. The molecule has 0 atom stereocenters. The van der Waals surface area contributed by atoms with E-state index < -0.39 is 0 Å². The topological polar surface area (TPSA) is 27.1 Å². The van der Waals surface area contributed by atoms with E-state index in [1.807, 2.05) is 0 Å². The van der Waals surface area contributed by atoms with Crippen LogP contribution in [0.15, 0.2) is 0 Å². The van der Waals surface area contributed by atoms with Crippen LogP contribution >= 0.6 is 0 Å². The van der Waals surface area contributed by atoms with E-state index in [2.05, 4.69) is 4.90 Å². The fourth-order valence-corrected chi connectivity index (χ4v) is 1.60. The molecule has 0 aromatic carbocycles. The van der Waals surface area contributed by atoms with Crippen molar-refractivity contribution in [1.82, 2.24) is 4.90 Å². The standard InChI is InChI=1S/C9H18N2/c10-6-2-5-9-11-7-3-1-4-8-11/h6,10H,1-5,7-9H2. The summed E-state index contributed by atoms with van der Waals surface area (Å²) in [7, 11) is 0. The molecule has 1 saturated heterocycles. The number of hydrogen-bond donors (Lipinski definition) is 1.